The number of rotatable bonds is 10. The van der Waals surface area contributed by atoms with Gasteiger partial charge in [0.25, 0.3) is 0 Å². The van der Waals surface area contributed by atoms with E-state index in [1.54, 1.807) is 24.9 Å². The average Bonchev–Trinajstić information content (AvgIpc) is 3.35. The molecule has 44 heavy (non-hydrogen) atoms. The van der Waals surface area contributed by atoms with Crippen LogP contribution >= 0.6 is 23.4 Å². The molecule has 3 atom stereocenters. The summed E-state index contributed by atoms with van der Waals surface area (Å²) < 4.78 is 17.1. The SMILES string of the molecule is COc1cc(OC)c2c(c1Cl)OC1(C2=O)C(O)=C(C(CC(=O)NCCc2ccccn2)c2ccc(SC)cc2)C(=O)CC1C. The lowest BCUT2D eigenvalue weighted by Gasteiger charge is -2.38. The summed E-state index contributed by atoms with van der Waals surface area (Å²) in [6.45, 7) is 2.00. The number of amides is 1. The highest BCUT2D eigenvalue weighted by atomic mass is 35.5. The number of ether oxygens (including phenoxy) is 3. The van der Waals surface area contributed by atoms with Crippen LogP contribution in [0.15, 0.2) is 71.0 Å². The molecule has 1 aliphatic heterocycles. The van der Waals surface area contributed by atoms with Crippen LogP contribution in [-0.2, 0) is 16.0 Å². The van der Waals surface area contributed by atoms with Gasteiger partial charge in [0.1, 0.15) is 22.1 Å². The van der Waals surface area contributed by atoms with Crippen molar-refractivity contribution in [1.29, 1.82) is 0 Å². The van der Waals surface area contributed by atoms with Gasteiger partial charge in [0.05, 0.1) is 14.2 Å². The quantitative estimate of drug-likeness (QED) is 0.268. The molecule has 0 fully saturated rings. The molecule has 3 unspecified atom stereocenters. The van der Waals surface area contributed by atoms with Gasteiger partial charge in [-0.25, -0.2) is 0 Å². The summed E-state index contributed by atoms with van der Waals surface area (Å²) >= 11 is 8.13. The van der Waals surface area contributed by atoms with Crippen molar-refractivity contribution in [3.05, 3.63) is 87.9 Å². The Hall–Kier alpha value is -4.02. The molecule has 0 saturated heterocycles. The number of Topliss-reactive ketones (excluding diaryl/α,β-unsaturated/α-hetero) is 2. The number of nitrogens with zero attached hydrogens (tertiary/aromatic N) is 1. The van der Waals surface area contributed by atoms with Gasteiger partial charge in [0, 0.05) is 66.1 Å². The molecule has 230 valence electrons. The number of halogens is 1. The highest BCUT2D eigenvalue weighted by Gasteiger charge is 2.61. The van der Waals surface area contributed by atoms with Crippen molar-refractivity contribution in [3.63, 3.8) is 0 Å². The van der Waals surface area contributed by atoms with E-state index in [4.69, 9.17) is 25.8 Å². The van der Waals surface area contributed by atoms with Gasteiger partial charge in [-0.2, -0.15) is 0 Å². The second-order valence-electron chi connectivity index (χ2n) is 10.7. The van der Waals surface area contributed by atoms with Crippen LogP contribution < -0.4 is 19.5 Å². The number of nitrogens with one attached hydrogen (secondary N) is 1. The number of benzene rings is 2. The number of allylic oxidation sites excluding steroid dienone is 1. The number of aliphatic hydroxyl groups excluding tert-OH is 1. The van der Waals surface area contributed by atoms with Crippen LogP contribution in [0.3, 0.4) is 0 Å². The molecule has 2 N–H and O–H groups in total. The van der Waals surface area contributed by atoms with Crippen LogP contribution in [0.1, 0.15) is 47.3 Å². The minimum Gasteiger partial charge on any atom is -0.507 e. The normalized spacial score (nSPS) is 19.9. The van der Waals surface area contributed by atoms with E-state index < -0.39 is 29.0 Å². The Balaban J connectivity index is 1.56. The molecular formula is C33H33ClN2O7S. The maximum Gasteiger partial charge on any atom is 0.231 e. The third kappa shape index (κ3) is 5.52. The molecule has 2 heterocycles. The summed E-state index contributed by atoms with van der Waals surface area (Å²) in [6, 6.07) is 14.5. The number of methoxy groups -OCH3 is 2. The number of thioether (sulfide) groups is 1. The molecule has 1 aliphatic carbocycles. The first-order chi connectivity index (χ1) is 21.2. The molecule has 3 aromatic rings. The Bertz CT molecular complexity index is 1630. The van der Waals surface area contributed by atoms with Crippen molar-refractivity contribution in [2.75, 3.05) is 27.0 Å². The average molecular weight is 637 g/mol. The monoisotopic (exact) mass is 636 g/mol. The molecule has 1 spiro atoms. The number of ketones is 2. The highest BCUT2D eigenvalue weighted by Crippen LogP contribution is 2.55. The van der Waals surface area contributed by atoms with E-state index in [1.807, 2.05) is 48.7 Å². The van der Waals surface area contributed by atoms with Crippen LogP contribution in [0.5, 0.6) is 17.2 Å². The van der Waals surface area contributed by atoms with Crippen LogP contribution in [0.4, 0.5) is 0 Å². The van der Waals surface area contributed by atoms with E-state index in [2.05, 4.69) is 10.3 Å². The molecule has 2 aliphatic rings. The van der Waals surface area contributed by atoms with Gasteiger partial charge in [0.15, 0.2) is 17.3 Å². The standard InChI is InChI=1S/C33H33ClN2O7S/c1-18-15-23(37)27(31(39)33(18)32(40)28-24(41-2)17-25(42-3)29(34)30(28)43-33)22(19-8-10-21(44-4)11-9-19)16-26(38)36-14-12-20-7-5-6-13-35-20/h5-11,13,17-18,22,39H,12,14-16H2,1-4H3,(H,36,38). The van der Waals surface area contributed by atoms with Gasteiger partial charge in [-0.3, -0.25) is 19.4 Å². The third-order valence-electron chi connectivity index (χ3n) is 8.20. The number of pyridine rings is 1. The lowest BCUT2D eigenvalue weighted by atomic mass is 9.69. The smallest absolute Gasteiger partial charge is 0.231 e. The van der Waals surface area contributed by atoms with E-state index in [0.29, 0.717) is 18.5 Å². The molecule has 2 aromatic carbocycles. The summed E-state index contributed by atoms with van der Waals surface area (Å²) in [5.74, 6) is -3.02. The van der Waals surface area contributed by atoms with Crippen molar-refractivity contribution in [2.24, 2.45) is 5.92 Å². The molecule has 0 radical (unpaired) electrons. The highest BCUT2D eigenvalue weighted by molar-refractivity contribution is 7.98. The number of hydrogen-bond donors (Lipinski definition) is 2. The predicted octanol–water partition coefficient (Wildman–Crippen LogP) is 5.74. The second kappa shape index (κ2) is 12.9. The van der Waals surface area contributed by atoms with Gasteiger partial charge in [0.2, 0.25) is 17.3 Å². The summed E-state index contributed by atoms with van der Waals surface area (Å²) in [5.41, 5.74) is -0.455. The lowest BCUT2D eigenvalue weighted by Crippen LogP contribution is -2.53. The number of aliphatic hydroxyl groups is 1. The van der Waals surface area contributed by atoms with E-state index in [9.17, 15) is 19.5 Å². The maximum absolute atomic E-state index is 14.2. The van der Waals surface area contributed by atoms with Crippen molar-refractivity contribution in [2.45, 2.75) is 42.6 Å². The van der Waals surface area contributed by atoms with Crippen molar-refractivity contribution < 1.29 is 33.7 Å². The number of carbonyl (C=O) groups excluding carboxylic acids is 3. The van der Waals surface area contributed by atoms with Gasteiger partial charge >= 0.3 is 0 Å². The zero-order valence-corrected chi connectivity index (χ0v) is 26.4. The Morgan fingerprint density at radius 2 is 1.91 bits per heavy atom. The largest absolute Gasteiger partial charge is 0.507 e. The zero-order valence-electron chi connectivity index (χ0n) is 24.8. The van der Waals surface area contributed by atoms with Crippen molar-refractivity contribution in [3.8, 4) is 17.2 Å². The third-order valence-corrected chi connectivity index (χ3v) is 9.30. The summed E-state index contributed by atoms with van der Waals surface area (Å²) in [7, 11) is 2.82. The Morgan fingerprint density at radius 1 is 1.18 bits per heavy atom. The van der Waals surface area contributed by atoms with Gasteiger partial charge < -0.3 is 24.6 Å². The topological polar surface area (TPSA) is 124 Å². The molecular weight excluding hydrogens is 604 g/mol. The Labute approximate surface area is 264 Å². The summed E-state index contributed by atoms with van der Waals surface area (Å²) in [5, 5.41) is 15.0. The summed E-state index contributed by atoms with van der Waals surface area (Å²) in [6.07, 6.45) is 3.92. The molecule has 0 bridgehead atoms. The second-order valence-corrected chi connectivity index (χ2v) is 12.0. The van der Waals surface area contributed by atoms with Crippen LogP contribution in [-0.4, -0.2) is 60.2 Å². The maximum atomic E-state index is 14.2. The first kappa shape index (κ1) is 31.4. The van der Waals surface area contributed by atoms with E-state index in [-0.39, 0.29) is 57.9 Å². The van der Waals surface area contributed by atoms with Gasteiger partial charge in [-0.15, -0.1) is 11.8 Å². The van der Waals surface area contributed by atoms with E-state index in [0.717, 1.165) is 10.6 Å². The molecule has 1 aromatic heterocycles. The van der Waals surface area contributed by atoms with Crippen LogP contribution in [0.2, 0.25) is 5.02 Å². The van der Waals surface area contributed by atoms with E-state index >= 15 is 0 Å². The number of aromatic nitrogens is 1. The van der Waals surface area contributed by atoms with E-state index in [1.165, 1.54) is 20.3 Å². The van der Waals surface area contributed by atoms with Crippen molar-refractivity contribution in [1.82, 2.24) is 10.3 Å². The minimum atomic E-state index is -1.94. The van der Waals surface area contributed by atoms with Gasteiger partial charge in [-0.1, -0.05) is 36.7 Å². The Morgan fingerprint density at radius 3 is 2.55 bits per heavy atom. The van der Waals surface area contributed by atoms with Crippen molar-refractivity contribution >= 4 is 40.8 Å². The predicted molar refractivity (Wildman–Crippen MR) is 167 cm³/mol. The van der Waals surface area contributed by atoms with Crippen LogP contribution in [0, 0.1) is 5.92 Å². The molecule has 5 rings (SSSR count). The molecule has 9 nitrogen and oxygen atoms in total. The van der Waals surface area contributed by atoms with Crippen LogP contribution in [0.25, 0.3) is 0 Å². The molecule has 0 saturated carbocycles. The fourth-order valence-electron chi connectivity index (χ4n) is 5.89. The fourth-order valence-corrected chi connectivity index (χ4v) is 6.57. The number of carbonyl (C=O) groups is 3. The Kier molecular flexibility index (Phi) is 9.22. The molecule has 1 amide bonds. The first-order valence-electron chi connectivity index (χ1n) is 14.1. The number of fused-ring (bicyclic) bond motifs is 1. The fraction of sp³-hybridized carbons (Fsp3) is 0.333. The zero-order chi connectivity index (χ0) is 31.6. The lowest BCUT2D eigenvalue weighted by molar-refractivity contribution is -0.121. The number of hydrogen-bond acceptors (Lipinski definition) is 9. The summed E-state index contributed by atoms with van der Waals surface area (Å²) in [4.78, 5) is 46.6. The molecule has 11 heteroatoms. The first-order valence-corrected chi connectivity index (χ1v) is 15.7. The minimum absolute atomic E-state index is 0.00750. The van der Waals surface area contributed by atoms with Gasteiger partial charge in [-0.05, 0) is 36.1 Å².